The molecule has 0 spiro atoms. The maximum atomic E-state index is 6.00. The van der Waals surface area contributed by atoms with Gasteiger partial charge < -0.3 is 5.32 Å². The van der Waals surface area contributed by atoms with E-state index in [0.717, 1.165) is 11.4 Å². The molecule has 18 heavy (non-hydrogen) atoms. The minimum Gasteiger partial charge on any atom is -0.360 e. The SMILES string of the molecule is CCc1cnc(C(C)Nc2nc(Cl)ncc2Cl)s1. The van der Waals surface area contributed by atoms with Crippen molar-refractivity contribution in [3.8, 4) is 0 Å². The van der Waals surface area contributed by atoms with Crippen LogP contribution in [0, 0.1) is 0 Å². The average Bonchev–Trinajstić information content (AvgIpc) is 2.82. The Kier molecular flexibility index (Phi) is 4.37. The van der Waals surface area contributed by atoms with Crippen molar-refractivity contribution in [2.24, 2.45) is 0 Å². The molecule has 2 rings (SSSR count). The van der Waals surface area contributed by atoms with Gasteiger partial charge in [-0.15, -0.1) is 11.3 Å². The smallest absolute Gasteiger partial charge is 0.224 e. The number of anilines is 1. The first kappa shape index (κ1) is 13.5. The first-order valence-corrected chi connectivity index (χ1v) is 7.06. The lowest BCUT2D eigenvalue weighted by Gasteiger charge is -2.12. The monoisotopic (exact) mass is 302 g/mol. The van der Waals surface area contributed by atoms with Gasteiger partial charge >= 0.3 is 0 Å². The van der Waals surface area contributed by atoms with Crippen molar-refractivity contribution < 1.29 is 0 Å². The molecule has 0 aromatic carbocycles. The molecule has 0 radical (unpaired) electrons. The van der Waals surface area contributed by atoms with Crippen LogP contribution >= 0.6 is 34.5 Å². The highest BCUT2D eigenvalue weighted by Crippen LogP contribution is 2.27. The highest BCUT2D eigenvalue weighted by molar-refractivity contribution is 7.11. The van der Waals surface area contributed by atoms with Crippen molar-refractivity contribution in [3.05, 3.63) is 32.6 Å². The van der Waals surface area contributed by atoms with E-state index in [1.807, 2.05) is 13.1 Å². The van der Waals surface area contributed by atoms with E-state index in [1.165, 1.54) is 11.1 Å². The summed E-state index contributed by atoms with van der Waals surface area (Å²) in [5, 5.41) is 4.79. The molecule has 0 fully saturated rings. The maximum absolute atomic E-state index is 6.00. The van der Waals surface area contributed by atoms with Crippen LogP contribution in [0.4, 0.5) is 5.82 Å². The van der Waals surface area contributed by atoms with E-state index in [0.29, 0.717) is 10.8 Å². The lowest BCUT2D eigenvalue weighted by molar-refractivity contribution is 0.858. The molecule has 0 aliphatic heterocycles. The fourth-order valence-electron chi connectivity index (χ4n) is 1.40. The van der Waals surface area contributed by atoms with Crippen LogP contribution in [0.3, 0.4) is 0 Å². The van der Waals surface area contributed by atoms with Gasteiger partial charge in [-0.1, -0.05) is 18.5 Å². The normalized spacial score (nSPS) is 12.4. The van der Waals surface area contributed by atoms with Crippen LogP contribution in [0.25, 0.3) is 0 Å². The fourth-order valence-corrected chi connectivity index (χ4v) is 2.54. The van der Waals surface area contributed by atoms with E-state index in [1.54, 1.807) is 11.3 Å². The molecule has 0 amide bonds. The van der Waals surface area contributed by atoms with E-state index in [-0.39, 0.29) is 11.3 Å². The summed E-state index contributed by atoms with van der Waals surface area (Å²) >= 11 is 13.4. The molecule has 0 aliphatic rings. The van der Waals surface area contributed by atoms with Gasteiger partial charge in [0.25, 0.3) is 0 Å². The van der Waals surface area contributed by atoms with Gasteiger partial charge in [0, 0.05) is 11.1 Å². The number of aryl methyl sites for hydroxylation is 1. The molecule has 0 saturated carbocycles. The van der Waals surface area contributed by atoms with E-state index >= 15 is 0 Å². The zero-order valence-electron chi connectivity index (χ0n) is 9.94. The Morgan fingerprint density at radius 2 is 2.11 bits per heavy atom. The molecule has 0 aliphatic carbocycles. The predicted octanol–water partition coefficient (Wildman–Crippen LogP) is 3.98. The lowest BCUT2D eigenvalue weighted by atomic mass is 10.3. The zero-order chi connectivity index (χ0) is 13.1. The number of hydrogen-bond donors (Lipinski definition) is 1. The van der Waals surface area contributed by atoms with Gasteiger partial charge in [0.05, 0.1) is 12.2 Å². The van der Waals surface area contributed by atoms with Crippen molar-refractivity contribution in [2.75, 3.05) is 5.32 Å². The van der Waals surface area contributed by atoms with Crippen molar-refractivity contribution in [1.82, 2.24) is 15.0 Å². The second-order valence-electron chi connectivity index (χ2n) is 3.72. The zero-order valence-corrected chi connectivity index (χ0v) is 12.3. The van der Waals surface area contributed by atoms with E-state index in [2.05, 4.69) is 27.2 Å². The first-order chi connectivity index (χ1) is 8.60. The molecule has 1 atom stereocenters. The Balaban J connectivity index is 2.15. The summed E-state index contributed by atoms with van der Waals surface area (Å²) < 4.78 is 0. The predicted molar refractivity (Wildman–Crippen MR) is 75.6 cm³/mol. The minimum absolute atomic E-state index is 0.0266. The molecular formula is C11H12Cl2N4S. The summed E-state index contributed by atoms with van der Waals surface area (Å²) in [6, 6.07) is 0.0266. The largest absolute Gasteiger partial charge is 0.360 e. The molecule has 2 heterocycles. The number of hydrogen-bond acceptors (Lipinski definition) is 5. The highest BCUT2D eigenvalue weighted by Gasteiger charge is 2.13. The molecule has 2 aromatic rings. The number of rotatable bonds is 4. The Morgan fingerprint density at radius 3 is 2.78 bits per heavy atom. The molecule has 0 bridgehead atoms. The quantitative estimate of drug-likeness (QED) is 0.868. The standard InChI is InChI=1S/C11H12Cl2N4S/c1-3-7-4-14-10(18-7)6(2)16-9-8(12)5-15-11(13)17-9/h4-6H,3H2,1-2H3,(H,15,16,17). The average molecular weight is 303 g/mol. The summed E-state index contributed by atoms with van der Waals surface area (Å²) in [5.41, 5.74) is 0. The van der Waals surface area contributed by atoms with E-state index < -0.39 is 0 Å². The van der Waals surface area contributed by atoms with Crippen molar-refractivity contribution >= 4 is 40.4 Å². The number of aromatic nitrogens is 3. The van der Waals surface area contributed by atoms with Crippen molar-refractivity contribution in [3.63, 3.8) is 0 Å². The highest BCUT2D eigenvalue weighted by atomic mass is 35.5. The molecule has 96 valence electrons. The maximum Gasteiger partial charge on any atom is 0.224 e. The summed E-state index contributed by atoms with van der Waals surface area (Å²) in [6.45, 7) is 4.11. The summed E-state index contributed by atoms with van der Waals surface area (Å²) in [6.07, 6.45) is 4.36. The Labute approximate surface area is 119 Å². The van der Waals surface area contributed by atoms with Crippen LogP contribution in [0.1, 0.15) is 29.8 Å². The Morgan fingerprint density at radius 1 is 1.33 bits per heavy atom. The lowest BCUT2D eigenvalue weighted by Crippen LogP contribution is -2.08. The van der Waals surface area contributed by atoms with Crippen molar-refractivity contribution in [2.45, 2.75) is 26.3 Å². The molecule has 1 unspecified atom stereocenters. The van der Waals surface area contributed by atoms with Gasteiger partial charge in [-0.3, -0.25) is 0 Å². The van der Waals surface area contributed by atoms with Crippen LogP contribution in [0.5, 0.6) is 0 Å². The fraction of sp³-hybridized carbons (Fsp3) is 0.364. The molecule has 2 aromatic heterocycles. The molecule has 4 nitrogen and oxygen atoms in total. The van der Waals surface area contributed by atoms with E-state index in [9.17, 15) is 0 Å². The number of thiazole rings is 1. The van der Waals surface area contributed by atoms with Gasteiger partial charge in [0.2, 0.25) is 5.28 Å². The Hall–Kier alpha value is -0.910. The molecule has 7 heteroatoms. The van der Waals surface area contributed by atoms with Gasteiger partial charge in [0.1, 0.15) is 15.8 Å². The second-order valence-corrected chi connectivity index (χ2v) is 5.61. The summed E-state index contributed by atoms with van der Waals surface area (Å²) in [4.78, 5) is 13.5. The van der Waals surface area contributed by atoms with Gasteiger partial charge in [-0.2, -0.15) is 4.98 Å². The number of nitrogens with one attached hydrogen (secondary N) is 1. The first-order valence-electron chi connectivity index (χ1n) is 5.49. The molecular weight excluding hydrogens is 291 g/mol. The third-order valence-electron chi connectivity index (χ3n) is 2.36. The van der Waals surface area contributed by atoms with Crippen molar-refractivity contribution in [1.29, 1.82) is 0 Å². The number of nitrogens with zero attached hydrogens (tertiary/aromatic N) is 3. The van der Waals surface area contributed by atoms with Crippen LogP contribution < -0.4 is 5.32 Å². The third-order valence-corrected chi connectivity index (χ3v) is 4.14. The van der Waals surface area contributed by atoms with Gasteiger partial charge in [-0.05, 0) is 24.9 Å². The van der Waals surface area contributed by atoms with Gasteiger partial charge in [0.15, 0.2) is 0 Å². The summed E-state index contributed by atoms with van der Waals surface area (Å²) in [5.74, 6) is 0.525. The second kappa shape index (κ2) is 5.82. The molecule has 1 N–H and O–H groups in total. The Bertz CT molecular complexity index is 544. The topological polar surface area (TPSA) is 50.7 Å². The summed E-state index contributed by atoms with van der Waals surface area (Å²) in [7, 11) is 0. The van der Waals surface area contributed by atoms with E-state index in [4.69, 9.17) is 23.2 Å². The molecule has 0 saturated heterocycles. The van der Waals surface area contributed by atoms with Crippen LogP contribution in [-0.4, -0.2) is 15.0 Å². The van der Waals surface area contributed by atoms with Crippen LogP contribution in [-0.2, 0) is 6.42 Å². The number of halogens is 2. The van der Waals surface area contributed by atoms with Crippen LogP contribution in [0.15, 0.2) is 12.4 Å². The van der Waals surface area contributed by atoms with Crippen LogP contribution in [0.2, 0.25) is 10.3 Å². The third kappa shape index (κ3) is 3.10. The van der Waals surface area contributed by atoms with Gasteiger partial charge in [-0.25, -0.2) is 9.97 Å². The minimum atomic E-state index is 0.0266.